The molecule has 2 aliphatic rings. The molecule has 0 radical (unpaired) electrons. The van der Waals surface area contributed by atoms with Crippen LogP contribution in [-0.2, 0) is 33.3 Å². The summed E-state index contributed by atoms with van der Waals surface area (Å²) in [5.74, 6) is -2.24. The van der Waals surface area contributed by atoms with Gasteiger partial charge in [0, 0.05) is 6.92 Å². The topological polar surface area (TPSA) is 108 Å². The molecular weight excluding hydrogens is 296 g/mol. The van der Waals surface area contributed by atoms with Crippen LogP contribution >= 0.6 is 0 Å². The number of methoxy groups -OCH3 is 2. The molecule has 0 spiro atoms. The fourth-order valence-corrected chi connectivity index (χ4v) is 2.63. The standard InChI is InChI=1S/C14H16O8/c1-8(16)21-7-14-5-4-13(6-15,22-14)9(11(17)19-2)10(14)12(18)20-3/h4-5,15H,6-7H2,1-3H3/t13-,14+/m0/s1. The monoisotopic (exact) mass is 312 g/mol. The van der Waals surface area contributed by atoms with E-state index in [0.29, 0.717) is 0 Å². The SMILES string of the molecule is COC(=O)C1=C(C(=O)OC)[C@@]2(CO)C=C[C@]1(COC(C)=O)O2. The van der Waals surface area contributed by atoms with Crippen LogP contribution in [0, 0.1) is 0 Å². The van der Waals surface area contributed by atoms with Crippen molar-refractivity contribution < 1.29 is 38.4 Å². The quantitative estimate of drug-likeness (QED) is 0.402. The van der Waals surface area contributed by atoms with Crippen LogP contribution in [0.15, 0.2) is 23.3 Å². The van der Waals surface area contributed by atoms with E-state index in [9.17, 15) is 19.5 Å². The Morgan fingerprint density at radius 3 is 2.05 bits per heavy atom. The van der Waals surface area contributed by atoms with E-state index in [4.69, 9.17) is 14.2 Å². The van der Waals surface area contributed by atoms with Crippen molar-refractivity contribution in [1.29, 1.82) is 0 Å². The molecule has 8 heteroatoms. The molecule has 0 aliphatic carbocycles. The van der Waals surface area contributed by atoms with Crippen molar-refractivity contribution in [2.24, 2.45) is 0 Å². The maximum absolute atomic E-state index is 12.1. The highest BCUT2D eigenvalue weighted by molar-refractivity contribution is 6.06. The van der Waals surface area contributed by atoms with Gasteiger partial charge in [-0.15, -0.1) is 0 Å². The van der Waals surface area contributed by atoms with E-state index in [-0.39, 0.29) is 17.8 Å². The lowest BCUT2D eigenvalue weighted by Gasteiger charge is -2.25. The largest absolute Gasteiger partial charge is 0.466 e. The first-order valence-corrected chi connectivity index (χ1v) is 6.42. The highest BCUT2D eigenvalue weighted by atomic mass is 16.6. The van der Waals surface area contributed by atoms with Gasteiger partial charge in [-0.1, -0.05) is 0 Å². The number of hydrogen-bond acceptors (Lipinski definition) is 8. The highest BCUT2D eigenvalue weighted by Gasteiger charge is 2.62. The minimum Gasteiger partial charge on any atom is -0.466 e. The fourth-order valence-electron chi connectivity index (χ4n) is 2.63. The van der Waals surface area contributed by atoms with Crippen molar-refractivity contribution in [2.75, 3.05) is 27.4 Å². The Morgan fingerprint density at radius 2 is 1.59 bits per heavy atom. The third-order valence-electron chi connectivity index (χ3n) is 3.59. The number of carbonyl (C=O) groups is 3. The van der Waals surface area contributed by atoms with Gasteiger partial charge < -0.3 is 24.1 Å². The molecule has 0 saturated heterocycles. The molecule has 2 bridgehead atoms. The molecule has 2 heterocycles. The Hall–Kier alpha value is -2.19. The summed E-state index contributed by atoms with van der Waals surface area (Å²) in [5, 5.41) is 9.64. The van der Waals surface area contributed by atoms with Gasteiger partial charge >= 0.3 is 17.9 Å². The van der Waals surface area contributed by atoms with Gasteiger partial charge in [0.15, 0.2) is 5.60 Å². The summed E-state index contributed by atoms with van der Waals surface area (Å²) >= 11 is 0. The summed E-state index contributed by atoms with van der Waals surface area (Å²) in [6.07, 6.45) is 2.90. The second kappa shape index (κ2) is 5.54. The molecule has 22 heavy (non-hydrogen) atoms. The second-order valence-electron chi connectivity index (χ2n) is 4.89. The predicted molar refractivity (Wildman–Crippen MR) is 70.5 cm³/mol. The van der Waals surface area contributed by atoms with Gasteiger partial charge in [-0.2, -0.15) is 0 Å². The number of fused-ring (bicyclic) bond motifs is 2. The van der Waals surface area contributed by atoms with Crippen LogP contribution in [0.1, 0.15) is 6.92 Å². The number of aliphatic hydroxyl groups excluding tert-OH is 1. The zero-order valence-corrected chi connectivity index (χ0v) is 12.4. The van der Waals surface area contributed by atoms with E-state index in [1.165, 1.54) is 19.1 Å². The van der Waals surface area contributed by atoms with Crippen LogP contribution < -0.4 is 0 Å². The van der Waals surface area contributed by atoms with Crippen LogP contribution in [-0.4, -0.2) is 61.6 Å². The average Bonchev–Trinajstić information content (AvgIpc) is 3.03. The summed E-state index contributed by atoms with van der Waals surface area (Å²) in [6.45, 7) is 0.286. The first kappa shape index (κ1) is 16.2. The zero-order chi connectivity index (χ0) is 16.5. The van der Waals surface area contributed by atoms with Gasteiger partial charge in [-0.3, -0.25) is 4.79 Å². The molecule has 0 fully saturated rings. The van der Waals surface area contributed by atoms with Crippen molar-refractivity contribution in [3.8, 4) is 0 Å². The summed E-state index contributed by atoms with van der Waals surface area (Å²) < 4.78 is 20.0. The molecule has 0 saturated carbocycles. The molecule has 1 N–H and O–H groups in total. The molecule has 0 unspecified atom stereocenters. The zero-order valence-electron chi connectivity index (χ0n) is 12.4. The predicted octanol–water partition coefficient (Wildman–Crippen LogP) is -0.738. The number of rotatable bonds is 5. The summed E-state index contributed by atoms with van der Waals surface area (Å²) in [6, 6.07) is 0. The van der Waals surface area contributed by atoms with Crippen LogP contribution in [0.3, 0.4) is 0 Å². The molecule has 2 rings (SSSR count). The normalized spacial score (nSPS) is 28.7. The van der Waals surface area contributed by atoms with E-state index in [1.54, 1.807) is 0 Å². The van der Waals surface area contributed by atoms with Gasteiger partial charge in [-0.05, 0) is 12.2 Å². The van der Waals surface area contributed by atoms with E-state index in [2.05, 4.69) is 4.74 Å². The first-order valence-electron chi connectivity index (χ1n) is 6.42. The molecular formula is C14H16O8. The van der Waals surface area contributed by atoms with Gasteiger partial charge in [0.05, 0.1) is 32.0 Å². The lowest BCUT2D eigenvalue weighted by molar-refractivity contribution is -0.153. The molecule has 0 aromatic rings. The van der Waals surface area contributed by atoms with Crippen molar-refractivity contribution in [2.45, 2.75) is 18.1 Å². The molecule has 0 aromatic heterocycles. The number of aliphatic hydroxyl groups is 1. The van der Waals surface area contributed by atoms with Gasteiger partial charge in [-0.25, -0.2) is 9.59 Å². The summed E-state index contributed by atoms with van der Waals surface area (Å²) in [7, 11) is 2.29. The summed E-state index contributed by atoms with van der Waals surface area (Å²) in [4.78, 5) is 35.2. The van der Waals surface area contributed by atoms with Gasteiger partial charge in [0.25, 0.3) is 0 Å². The Kier molecular flexibility index (Phi) is 4.08. The Morgan fingerprint density at radius 1 is 1.09 bits per heavy atom. The minimum atomic E-state index is -1.52. The Balaban J connectivity index is 2.57. The number of esters is 3. The maximum atomic E-state index is 12.1. The Labute approximate surface area is 126 Å². The number of hydrogen-bond donors (Lipinski definition) is 1. The smallest absolute Gasteiger partial charge is 0.337 e. The van der Waals surface area contributed by atoms with E-state index in [1.807, 2.05) is 0 Å². The van der Waals surface area contributed by atoms with Crippen molar-refractivity contribution in [3.05, 3.63) is 23.3 Å². The van der Waals surface area contributed by atoms with Crippen molar-refractivity contribution >= 4 is 17.9 Å². The number of ether oxygens (including phenoxy) is 4. The van der Waals surface area contributed by atoms with E-state index < -0.39 is 35.7 Å². The molecule has 2 aliphatic heterocycles. The van der Waals surface area contributed by atoms with Crippen LogP contribution in [0.4, 0.5) is 0 Å². The molecule has 8 nitrogen and oxygen atoms in total. The first-order chi connectivity index (χ1) is 10.4. The van der Waals surface area contributed by atoms with Gasteiger partial charge in [0.2, 0.25) is 0 Å². The van der Waals surface area contributed by atoms with Crippen molar-refractivity contribution in [1.82, 2.24) is 0 Å². The molecule has 2 atom stereocenters. The third kappa shape index (κ3) is 2.20. The minimum absolute atomic E-state index is 0.139. The molecule has 0 aromatic carbocycles. The van der Waals surface area contributed by atoms with Crippen LogP contribution in [0.25, 0.3) is 0 Å². The van der Waals surface area contributed by atoms with Gasteiger partial charge in [0.1, 0.15) is 12.2 Å². The lowest BCUT2D eigenvalue weighted by Crippen LogP contribution is -2.39. The second-order valence-corrected chi connectivity index (χ2v) is 4.89. The van der Waals surface area contributed by atoms with E-state index >= 15 is 0 Å². The average molecular weight is 312 g/mol. The fraction of sp³-hybridized carbons (Fsp3) is 0.500. The van der Waals surface area contributed by atoms with Crippen LogP contribution in [0.5, 0.6) is 0 Å². The maximum Gasteiger partial charge on any atom is 0.337 e. The van der Waals surface area contributed by atoms with Crippen molar-refractivity contribution in [3.63, 3.8) is 0 Å². The lowest BCUT2D eigenvalue weighted by atomic mass is 9.82. The molecule has 0 amide bonds. The van der Waals surface area contributed by atoms with E-state index in [0.717, 1.165) is 14.2 Å². The highest BCUT2D eigenvalue weighted by Crippen LogP contribution is 2.50. The van der Waals surface area contributed by atoms with Crippen LogP contribution in [0.2, 0.25) is 0 Å². The number of carbonyl (C=O) groups excluding carboxylic acids is 3. The summed E-state index contributed by atoms with van der Waals surface area (Å²) in [5.41, 5.74) is -3.29. The third-order valence-corrected chi connectivity index (χ3v) is 3.59. The molecule has 120 valence electrons. The Bertz CT molecular complexity index is 590.